The summed E-state index contributed by atoms with van der Waals surface area (Å²) in [6.45, 7) is 3.92. The highest BCUT2D eigenvalue weighted by atomic mass is 16.5. The summed E-state index contributed by atoms with van der Waals surface area (Å²) in [6, 6.07) is 15.1. The number of hydrogen-bond acceptors (Lipinski definition) is 5. The molecule has 0 unspecified atom stereocenters. The van der Waals surface area contributed by atoms with E-state index in [4.69, 9.17) is 14.5 Å². The second-order valence-corrected chi connectivity index (χ2v) is 7.66. The van der Waals surface area contributed by atoms with E-state index in [1.807, 2.05) is 62.4 Å². The van der Waals surface area contributed by atoms with Crippen LogP contribution in [0.4, 0.5) is 0 Å². The highest BCUT2D eigenvalue weighted by Gasteiger charge is 2.26. The van der Waals surface area contributed by atoms with Gasteiger partial charge in [-0.25, -0.2) is 5.43 Å². The molecular weight excluding hydrogens is 378 g/mol. The quantitative estimate of drug-likeness (QED) is 0.460. The van der Waals surface area contributed by atoms with Crippen molar-refractivity contribution in [3.05, 3.63) is 65.4 Å². The summed E-state index contributed by atoms with van der Waals surface area (Å²) in [5.41, 5.74) is 5.84. The molecule has 0 atom stereocenters. The van der Waals surface area contributed by atoms with E-state index in [0.717, 1.165) is 35.0 Å². The highest BCUT2D eigenvalue weighted by Crippen LogP contribution is 2.40. The minimum atomic E-state index is -0.251. The summed E-state index contributed by atoms with van der Waals surface area (Å²) in [6.07, 6.45) is 3.89. The summed E-state index contributed by atoms with van der Waals surface area (Å²) in [7, 11) is 1.59. The van der Waals surface area contributed by atoms with E-state index in [0.29, 0.717) is 23.0 Å². The molecule has 1 fully saturated rings. The minimum Gasteiger partial charge on any atom is -0.493 e. The predicted molar refractivity (Wildman–Crippen MR) is 118 cm³/mol. The van der Waals surface area contributed by atoms with Crippen LogP contribution in [0.15, 0.2) is 53.6 Å². The van der Waals surface area contributed by atoms with Gasteiger partial charge in [0.1, 0.15) is 0 Å². The van der Waals surface area contributed by atoms with Crippen LogP contribution in [0.5, 0.6) is 11.5 Å². The molecule has 1 aliphatic rings. The van der Waals surface area contributed by atoms with Crippen LogP contribution in [-0.2, 0) is 0 Å². The molecule has 2 aromatic carbocycles. The first-order valence-electron chi connectivity index (χ1n) is 10.1. The van der Waals surface area contributed by atoms with Gasteiger partial charge in [0.25, 0.3) is 5.91 Å². The maximum absolute atomic E-state index is 12.8. The van der Waals surface area contributed by atoms with Gasteiger partial charge in [0, 0.05) is 17.0 Å². The number of hydrazone groups is 1. The number of benzene rings is 2. The summed E-state index contributed by atoms with van der Waals surface area (Å²) in [5, 5.41) is 4.96. The lowest BCUT2D eigenvalue weighted by Gasteiger charge is -2.13. The largest absolute Gasteiger partial charge is 0.493 e. The monoisotopic (exact) mass is 403 g/mol. The zero-order valence-corrected chi connectivity index (χ0v) is 17.4. The Hall–Kier alpha value is -3.41. The summed E-state index contributed by atoms with van der Waals surface area (Å²) in [4.78, 5) is 17.6. The number of para-hydroxylation sites is 1. The lowest BCUT2D eigenvalue weighted by Crippen LogP contribution is -2.18. The third-order valence-electron chi connectivity index (χ3n) is 4.91. The fourth-order valence-electron chi connectivity index (χ4n) is 3.31. The first-order chi connectivity index (χ1) is 14.5. The molecule has 1 heterocycles. The molecule has 1 aromatic heterocycles. The van der Waals surface area contributed by atoms with Crippen molar-refractivity contribution in [2.24, 2.45) is 5.10 Å². The molecule has 6 nitrogen and oxygen atoms in total. The first-order valence-corrected chi connectivity index (χ1v) is 10.1. The molecule has 1 amide bonds. The van der Waals surface area contributed by atoms with Gasteiger partial charge >= 0.3 is 0 Å². The van der Waals surface area contributed by atoms with Crippen LogP contribution >= 0.6 is 0 Å². The Balaban J connectivity index is 1.53. The van der Waals surface area contributed by atoms with Gasteiger partial charge in [-0.3, -0.25) is 9.78 Å². The summed E-state index contributed by atoms with van der Waals surface area (Å²) in [5.74, 6) is 1.50. The van der Waals surface area contributed by atoms with Crippen LogP contribution in [0, 0.1) is 0 Å². The van der Waals surface area contributed by atoms with E-state index in [1.165, 1.54) is 0 Å². The number of nitrogens with one attached hydrogen (secondary N) is 1. The topological polar surface area (TPSA) is 72.8 Å². The van der Waals surface area contributed by atoms with Crippen molar-refractivity contribution < 1.29 is 14.3 Å². The van der Waals surface area contributed by atoms with E-state index in [1.54, 1.807) is 13.3 Å². The Labute approximate surface area is 175 Å². The van der Waals surface area contributed by atoms with E-state index < -0.39 is 0 Å². The molecule has 0 saturated heterocycles. The molecule has 0 bridgehead atoms. The molecule has 6 heteroatoms. The third kappa shape index (κ3) is 4.43. The molecule has 30 heavy (non-hydrogen) atoms. The van der Waals surface area contributed by atoms with Gasteiger partial charge in [0.2, 0.25) is 0 Å². The van der Waals surface area contributed by atoms with Crippen LogP contribution in [-0.4, -0.2) is 30.3 Å². The predicted octanol–water partition coefficient (Wildman–Crippen LogP) is 4.67. The average molecular weight is 403 g/mol. The minimum absolute atomic E-state index is 0.0495. The normalized spacial score (nSPS) is 13.7. The van der Waals surface area contributed by atoms with Gasteiger partial charge < -0.3 is 9.47 Å². The lowest BCUT2D eigenvalue weighted by molar-refractivity contribution is 0.0956. The van der Waals surface area contributed by atoms with E-state index >= 15 is 0 Å². The van der Waals surface area contributed by atoms with E-state index in [9.17, 15) is 4.79 Å². The number of rotatable bonds is 7. The lowest BCUT2D eigenvalue weighted by atomic mass is 10.1. The Bertz CT molecular complexity index is 1100. The Morgan fingerprint density at radius 2 is 1.97 bits per heavy atom. The standard InChI is InChI=1S/C24H25N3O3/c1-15(2)30-22-11-8-16(12-23(22)29-3)14-25-27-24(28)19-13-21(17-9-10-17)26-20-7-5-4-6-18(19)20/h4-8,11-15,17H,9-10H2,1-3H3,(H,27,28). The SMILES string of the molecule is COc1cc(C=NNC(=O)c2cc(C3CC3)nc3ccccc23)ccc1OC(C)C. The molecule has 3 aromatic rings. The molecule has 0 spiro atoms. The number of carbonyl (C=O) groups is 1. The van der Waals surface area contributed by atoms with Crippen molar-refractivity contribution in [3.63, 3.8) is 0 Å². The molecule has 0 aliphatic heterocycles. The van der Waals surface area contributed by atoms with Crippen LogP contribution < -0.4 is 14.9 Å². The van der Waals surface area contributed by atoms with E-state index in [-0.39, 0.29) is 12.0 Å². The van der Waals surface area contributed by atoms with E-state index in [2.05, 4.69) is 10.5 Å². The molecule has 1 aliphatic carbocycles. The van der Waals surface area contributed by atoms with Crippen molar-refractivity contribution in [2.45, 2.75) is 38.7 Å². The van der Waals surface area contributed by atoms with Crippen molar-refractivity contribution >= 4 is 23.0 Å². The number of hydrogen-bond donors (Lipinski definition) is 1. The first kappa shape index (κ1) is 19.9. The average Bonchev–Trinajstić information content (AvgIpc) is 3.59. The molecule has 1 N–H and O–H groups in total. The van der Waals surface area contributed by atoms with Gasteiger partial charge in [-0.05, 0) is 62.6 Å². The van der Waals surface area contributed by atoms with Crippen LogP contribution in [0.2, 0.25) is 0 Å². The fourth-order valence-corrected chi connectivity index (χ4v) is 3.31. The van der Waals surface area contributed by atoms with Crippen molar-refractivity contribution in [1.29, 1.82) is 0 Å². The second kappa shape index (κ2) is 8.53. The number of fused-ring (bicyclic) bond motifs is 1. The number of aromatic nitrogens is 1. The zero-order valence-electron chi connectivity index (χ0n) is 17.4. The number of methoxy groups -OCH3 is 1. The van der Waals surface area contributed by atoms with Gasteiger partial charge in [-0.15, -0.1) is 0 Å². The van der Waals surface area contributed by atoms with Crippen LogP contribution in [0.25, 0.3) is 10.9 Å². The zero-order chi connectivity index (χ0) is 21.1. The van der Waals surface area contributed by atoms with Gasteiger partial charge in [-0.1, -0.05) is 18.2 Å². The number of amides is 1. The molecule has 154 valence electrons. The molecule has 4 rings (SSSR count). The Kier molecular flexibility index (Phi) is 5.65. The fraction of sp³-hybridized carbons (Fsp3) is 0.292. The number of nitrogens with zero attached hydrogens (tertiary/aromatic N) is 2. The van der Waals surface area contributed by atoms with Gasteiger partial charge in [0.05, 0.1) is 30.5 Å². The smallest absolute Gasteiger partial charge is 0.272 e. The Morgan fingerprint density at radius 1 is 1.17 bits per heavy atom. The molecule has 1 saturated carbocycles. The Morgan fingerprint density at radius 3 is 2.70 bits per heavy atom. The molecule has 0 radical (unpaired) electrons. The summed E-state index contributed by atoms with van der Waals surface area (Å²) >= 11 is 0. The number of ether oxygens (including phenoxy) is 2. The van der Waals surface area contributed by atoms with Gasteiger partial charge in [-0.2, -0.15) is 5.10 Å². The number of pyridine rings is 1. The van der Waals surface area contributed by atoms with Crippen molar-refractivity contribution in [1.82, 2.24) is 10.4 Å². The number of carbonyl (C=O) groups excluding carboxylic acids is 1. The van der Waals surface area contributed by atoms with Crippen LogP contribution in [0.1, 0.15) is 54.2 Å². The molecular formula is C24H25N3O3. The maximum Gasteiger partial charge on any atom is 0.272 e. The maximum atomic E-state index is 12.8. The highest BCUT2D eigenvalue weighted by molar-refractivity contribution is 6.06. The second-order valence-electron chi connectivity index (χ2n) is 7.66. The van der Waals surface area contributed by atoms with Crippen molar-refractivity contribution in [3.8, 4) is 11.5 Å². The van der Waals surface area contributed by atoms with Gasteiger partial charge in [0.15, 0.2) is 11.5 Å². The van der Waals surface area contributed by atoms with Crippen molar-refractivity contribution in [2.75, 3.05) is 7.11 Å². The van der Waals surface area contributed by atoms with Crippen LogP contribution in [0.3, 0.4) is 0 Å². The third-order valence-corrected chi connectivity index (χ3v) is 4.91. The summed E-state index contributed by atoms with van der Waals surface area (Å²) < 4.78 is 11.1.